The van der Waals surface area contributed by atoms with Crippen LogP contribution < -0.4 is 5.32 Å². The van der Waals surface area contributed by atoms with Crippen LogP contribution in [0.5, 0.6) is 0 Å². The van der Waals surface area contributed by atoms with Crippen molar-refractivity contribution < 1.29 is 19.4 Å². The summed E-state index contributed by atoms with van der Waals surface area (Å²) in [6.07, 6.45) is 4.18. The zero-order valence-corrected chi connectivity index (χ0v) is 11.2. The van der Waals surface area contributed by atoms with Gasteiger partial charge in [-0.3, -0.25) is 0 Å². The van der Waals surface area contributed by atoms with Crippen LogP contribution in [-0.2, 0) is 14.3 Å². The molecule has 2 unspecified atom stereocenters. The van der Waals surface area contributed by atoms with Gasteiger partial charge in [0.1, 0.15) is 0 Å². The summed E-state index contributed by atoms with van der Waals surface area (Å²) in [7, 11) is 0. The lowest BCUT2D eigenvalue weighted by Crippen LogP contribution is -2.29. The van der Waals surface area contributed by atoms with Gasteiger partial charge in [0, 0.05) is 19.8 Å². The Morgan fingerprint density at radius 1 is 1.39 bits per heavy atom. The third-order valence-electron chi connectivity index (χ3n) is 3.04. The van der Waals surface area contributed by atoms with Crippen molar-refractivity contribution in [1.29, 1.82) is 0 Å². The van der Waals surface area contributed by atoms with Gasteiger partial charge in [-0.1, -0.05) is 13.3 Å². The van der Waals surface area contributed by atoms with Crippen molar-refractivity contribution in [1.82, 2.24) is 5.32 Å². The monoisotopic (exact) mass is 259 g/mol. The Bertz CT molecular complexity index is 235. The molecule has 1 heterocycles. The van der Waals surface area contributed by atoms with E-state index in [9.17, 15) is 4.79 Å². The lowest BCUT2D eigenvalue weighted by molar-refractivity contribution is -0.149. The summed E-state index contributed by atoms with van der Waals surface area (Å²) >= 11 is 0. The minimum atomic E-state index is -0.846. The second-order valence-electron chi connectivity index (χ2n) is 4.69. The lowest BCUT2D eigenvalue weighted by Gasteiger charge is -2.12. The first kappa shape index (κ1) is 15.4. The first-order valence-corrected chi connectivity index (χ1v) is 6.90. The smallest absolute Gasteiger partial charge is 0.332 e. The summed E-state index contributed by atoms with van der Waals surface area (Å²) in [6, 6.07) is 0. The fraction of sp³-hybridized carbons (Fsp3) is 0.923. The fourth-order valence-corrected chi connectivity index (χ4v) is 1.95. The molecule has 2 N–H and O–H groups in total. The number of carboxylic acids is 1. The summed E-state index contributed by atoms with van der Waals surface area (Å²) in [5.74, 6) is -0.846. The largest absolute Gasteiger partial charge is 0.479 e. The minimum absolute atomic E-state index is 0.0482. The number of aliphatic carboxylic acids is 1. The number of unbranched alkanes of at least 4 members (excludes halogenated alkanes) is 1. The second kappa shape index (κ2) is 9.30. The van der Waals surface area contributed by atoms with E-state index in [2.05, 4.69) is 12.2 Å². The number of carboxylic acid groups (broad SMARTS) is 1. The van der Waals surface area contributed by atoms with Gasteiger partial charge < -0.3 is 19.9 Å². The molecule has 106 valence electrons. The number of carbonyl (C=O) groups is 1. The zero-order valence-electron chi connectivity index (χ0n) is 11.2. The minimum Gasteiger partial charge on any atom is -0.479 e. The molecule has 2 atom stereocenters. The van der Waals surface area contributed by atoms with Crippen molar-refractivity contribution in [3.8, 4) is 0 Å². The Hall–Kier alpha value is -0.650. The molecule has 0 saturated carbocycles. The van der Waals surface area contributed by atoms with Crippen LogP contribution in [0.4, 0.5) is 0 Å². The summed E-state index contributed by atoms with van der Waals surface area (Å²) < 4.78 is 10.8. The maximum absolute atomic E-state index is 10.7. The van der Waals surface area contributed by atoms with E-state index >= 15 is 0 Å². The molecule has 0 bridgehead atoms. The van der Waals surface area contributed by atoms with E-state index in [-0.39, 0.29) is 6.10 Å². The zero-order chi connectivity index (χ0) is 13.2. The van der Waals surface area contributed by atoms with Crippen LogP contribution in [-0.4, -0.2) is 49.6 Å². The average Bonchev–Trinajstić information content (AvgIpc) is 2.81. The average molecular weight is 259 g/mol. The van der Waals surface area contributed by atoms with Gasteiger partial charge in [-0.15, -0.1) is 0 Å². The quantitative estimate of drug-likeness (QED) is 0.581. The molecule has 0 amide bonds. The Morgan fingerprint density at radius 2 is 2.17 bits per heavy atom. The van der Waals surface area contributed by atoms with Gasteiger partial charge in [-0.25, -0.2) is 4.79 Å². The highest BCUT2D eigenvalue weighted by atomic mass is 16.5. The van der Waals surface area contributed by atoms with Gasteiger partial charge in [0.2, 0.25) is 0 Å². The van der Waals surface area contributed by atoms with E-state index in [0.717, 1.165) is 45.6 Å². The summed E-state index contributed by atoms with van der Waals surface area (Å²) in [4.78, 5) is 10.7. The third-order valence-corrected chi connectivity index (χ3v) is 3.04. The van der Waals surface area contributed by atoms with E-state index < -0.39 is 12.1 Å². The maximum Gasteiger partial charge on any atom is 0.332 e. The van der Waals surface area contributed by atoms with Gasteiger partial charge >= 0.3 is 5.97 Å². The number of nitrogens with one attached hydrogen (secondary N) is 1. The van der Waals surface area contributed by atoms with Gasteiger partial charge in [0.25, 0.3) is 0 Å². The Labute approximate surface area is 109 Å². The van der Waals surface area contributed by atoms with E-state index in [1.165, 1.54) is 6.42 Å². The molecule has 1 aliphatic rings. The standard InChI is InChI=1S/C13H25NO4/c1-2-3-8-17-9-4-7-14-10-11-5-6-12(18-11)13(15)16/h11-12,14H,2-10H2,1H3,(H,15,16). The number of hydrogen-bond donors (Lipinski definition) is 2. The van der Waals surface area contributed by atoms with E-state index in [1.807, 2.05) is 0 Å². The molecule has 0 aromatic carbocycles. The van der Waals surface area contributed by atoms with Crippen LogP contribution in [0.25, 0.3) is 0 Å². The van der Waals surface area contributed by atoms with Crippen LogP contribution in [0.1, 0.15) is 39.0 Å². The van der Waals surface area contributed by atoms with Gasteiger partial charge in [-0.2, -0.15) is 0 Å². The molecule has 18 heavy (non-hydrogen) atoms. The summed E-state index contributed by atoms with van der Waals surface area (Å²) in [5, 5.41) is 12.1. The van der Waals surface area contributed by atoms with Gasteiger partial charge in [0.05, 0.1) is 6.10 Å². The summed E-state index contributed by atoms with van der Waals surface area (Å²) in [6.45, 7) is 5.41. The van der Waals surface area contributed by atoms with Gasteiger partial charge in [-0.05, 0) is 32.2 Å². The first-order chi connectivity index (χ1) is 8.74. The predicted molar refractivity (Wildman–Crippen MR) is 68.7 cm³/mol. The molecule has 0 radical (unpaired) electrons. The third kappa shape index (κ3) is 6.33. The highest BCUT2D eigenvalue weighted by Gasteiger charge is 2.29. The molecule has 0 aliphatic carbocycles. The summed E-state index contributed by atoms with van der Waals surface area (Å²) in [5.41, 5.74) is 0. The first-order valence-electron chi connectivity index (χ1n) is 6.90. The Kier molecular flexibility index (Phi) is 7.96. The van der Waals surface area contributed by atoms with Crippen molar-refractivity contribution in [2.24, 2.45) is 0 Å². The van der Waals surface area contributed by atoms with E-state index in [1.54, 1.807) is 0 Å². The maximum atomic E-state index is 10.7. The van der Waals surface area contributed by atoms with Crippen LogP contribution in [0.3, 0.4) is 0 Å². The van der Waals surface area contributed by atoms with Crippen molar-refractivity contribution >= 4 is 5.97 Å². The Balaban J connectivity index is 1.88. The van der Waals surface area contributed by atoms with Crippen LogP contribution in [0.15, 0.2) is 0 Å². The van der Waals surface area contributed by atoms with Crippen LogP contribution in [0, 0.1) is 0 Å². The van der Waals surface area contributed by atoms with Crippen molar-refractivity contribution in [3.63, 3.8) is 0 Å². The second-order valence-corrected chi connectivity index (χ2v) is 4.69. The molecular formula is C13H25NO4. The van der Waals surface area contributed by atoms with Crippen LogP contribution >= 0.6 is 0 Å². The fourth-order valence-electron chi connectivity index (χ4n) is 1.95. The molecule has 1 fully saturated rings. The number of hydrogen-bond acceptors (Lipinski definition) is 4. The molecule has 0 aromatic heterocycles. The van der Waals surface area contributed by atoms with Crippen LogP contribution in [0.2, 0.25) is 0 Å². The van der Waals surface area contributed by atoms with Crippen molar-refractivity contribution in [3.05, 3.63) is 0 Å². The van der Waals surface area contributed by atoms with Crippen molar-refractivity contribution in [2.75, 3.05) is 26.3 Å². The van der Waals surface area contributed by atoms with E-state index in [0.29, 0.717) is 6.42 Å². The lowest BCUT2D eigenvalue weighted by atomic mass is 10.2. The molecular weight excluding hydrogens is 234 g/mol. The SMILES string of the molecule is CCCCOCCCNCC1CCC(C(=O)O)O1. The highest BCUT2D eigenvalue weighted by molar-refractivity contribution is 5.72. The van der Waals surface area contributed by atoms with Gasteiger partial charge in [0.15, 0.2) is 6.10 Å². The molecule has 1 rings (SSSR count). The normalized spacial score (nSPS) is 23.4. The Morgan fingerprint density at radius 3 is 2.83 bits per heavy atom. The molecule has 5 nitrogen and oxygen atoms in total. The highest BCUT2D eigenvalue weighted by Crippen LogP contribution is 2.19. The number of rotatable bonds is 10. The number of ether oxygens (including phenoxy) is 2. The van der Waals surface area contributed by atoms with E-state index in [4.69, 9.17) is 14.6 Å². The van der Waals surface area contributed by atoms with Crippen molar-refractivity contribution in [2.45, 2.75) is 51.2 Å². The topological polar surface area (TPSA) is 67.8 Å². The molecule has 0 aromatic rings. The molecule has 5 heteroatoms. The molecule has 0 spiro atoms. The molecule has 1 aliphatic heterocycles. The molecule has 1 saturated heterocycles. The predicted octanol–water partition coefficient (Wildman–Crippen LogP) is 1.41.